The molecule has 0 fully saturated rings. The molecule has 0 spiro atoms. The summed E-state index contributed by atoms with van der Waals surface area (Å²) in [5.74, 6) is 0. The zero-order valence-electron chi connectivity index (χ0n) is 11.6. The van der Waals surface area contributed by atoms with Gasteiger partial charge in [-0.15, -0.1) is 0 Å². The summed E-state index contributed by atoms with van der Waals surface area (Å²) in [6.45, 7) is 9.46. The van der Waals surface area contributed by atoms with Gasteiger partial charge in [-0.25, -0.2) is 0 Å². The van der Waals surface area contributed by atoms with Gasteiger partial charge in [0.2, 0.25) is 0 Å². The molecule has 96 valence electrons. The van der Waals surface area contributed by atoms with E-state index in [9.17, 15) is 0 Å². The third-order valence-corrected chi connectivity index (χ3v) is 3.34. The van der Waals surface area contributed by atoms with Crippen molar-refractivity contribution < 1.29 is 0 Å². The van der Waals surface area contributed by atoms with Crippen LogP contribution < -0.4 is 5.73 Å². The maximum Gasteiger partial charge on any atom is 0.0675 e. The number of hydrogen-bond donors (Lipinski definition) is 1. The molecule has 2 N–H and O–H groups in total. The zero-order chi connectivity index (χ0) is 13.3. The van der Waals surface area contributed by atoms with Gasteiger partial charge in [0.25, 0.3) is 0 Å². The summed E-state index contributed by atoms with van der Waals surface area (Å²) >= 11 is 0. The van der Waals surface area contributed by atoms with Crippen LogP contribution >= 0.6 is 0 Å². The standard InChI is InChI=1S/C15H21N3/c1-5-8-18-12(4)15(11(3)17-18)14-7-6-13(16)9-10(14)2/h6-7,9H,5,8,16H2,1-4H3. The number of aryl methyl sites for hydroxylation is 3. The highest BCUT2D eigenvalue weighted by atomic mass is 15.3. The van der Waals surface area contributed by atoms with Crippen molar-refractivity contribution in [1.29, 1.82) is 0 Å². The van der Waals surface area contributed by atoms with E-state index in [0.29, 0.717) is 0 Å². The summed E-state index contributed by atoms with van der Waals surface area (Å²) in [6.07, 6.45) is 1.10. The van der Waals surface area contributed by atoms with Gasteiger partial charge in [-0.2, -0.15) is 5.10 Å². The van der Waals surface area contributed by atoms with Crippen LogP contribution in [0.4, 0.5) is 5.69 Å². The normalized spacial score (nSPS) is 10.9. The van der Waals surface area contributed by atoms with Crippen molar-refractivity contribution in [3.63, 3.8) is 0 Å². The van der Waals surface area contributed by atoms with Crippen LogP contribution in [0.2, 0.25) is 0 Å². The number of anilines is 1. The lowest BCUT2D eigenvalue weighted by atomic mass is 9.98. The second-order valence-corrected chi connectivity index (χ2v) is 4.84. The highest BCUT2D eigenvalue weighted by molar-refractivity contribution is 5.73. The maximum absolute atomic E-state index is 5.81. The van der Waals surface area contributed by atoms with E-state index in [0.717, 1.165) is 24.3 Å². The Morgan fingerprint density at radius 2 is 1.94 bits per heavy atom. The Morgan fingerprint density at radius 1 is 1.22 bits per heavy atom. The average Bonchev–Trinajstić information content (AvgIpc) is 2.56. The lowest BCUT2D eigenvalue weighted by Gasteiger charge is -2.08. The molecule has 1 aromatic heterocycles. The van der Waals surface area contributed by atoms with Gasteiger partial charge in [0.1, 0.15) is 0 Å². The van der Waals surface area contributed by atoms with E-state index in [1.54, 1.807) is 0 Å². The first-order valence-electron chi connectivity index (χ1n) is 6.45. The topological polar surface area (TPSA) is 43.8 Å². The fourth-order valence-corrected chi connectivity index (χ4v) is 2.48. The Kier molecular flexibility index (Phi) is 3.41. The van der Waals surface area contributed by atoms with E-state index >= 15 is 0 Å². The molecule has 0 bridgehead atoms. The van der Waals surface area contributed by atoms with Crippen LogP contribution in [-0.4, -0.2) is 9.78 Å². The summed E-state index contributed by atoms with van der Waals surface area (Å²) in [5, 5.41) is 4.63. The third-order valence-electron chi connectivity index (χ3n) is 3.34. The first-order chi connectivity index (χ1) is 8.54. The van der Waals surface area contributed by atoms with E-state index in [1.807, 2.05) is 12.1 Å². The van der Waals surface area contributed by atoms with Crippen molar-refractivity contribution in [2.75, 3.05) is 5.73 Å². The smallest absolute Gasteiger partial charge is 0.0675 e. The van der Waals surface area contributed by atoms with Crippen LogP contribution in [0, 0.1) is 20.8 Å². The van der Waals surface area contributed by atoms with Crippen molar-refractivity contribution >= 4 is 5.69 Å². The highest BCUT2D eigenvalue weighted by Gasteiger charge is 2.14. The van der Waals surface area contributed by atoms with Gasteiger partial charge in [0.15, 0.2) is 0 Å². The third kappa shape index (κ3) is 2.13. The molecule has 3 heteroatoms. The number of rotatable bonds is 3. The minimum Gasteiger partial charge on any atom is -0.399 e. The molecule has 0 aliphatic heterocycles. The van der Waals surface area contributed by atoms with Crippen LogP contribution in [0.5, 0.6) is 0 Å². The highest BCUT2D eigenvalue weighted by Crippen LogP contribution is 2.30. The first-order valence-corrected chi connectivity index (χ1v) is 6.45. The second kappa shape index (κ2) is 4.84. The zero-order valence-corrected chi connectivity index (χ0v) is 11.6. The van der Waals surface area contributed by atoms with E-state index in [1.165, 1.54) is 22.4 Å². The molecule has 1 aromatic carbocycles. The second-order valence-electron chi connectivity index (χ2n) is 4.84. The van der Waals surface area contributed by atoms with Gasteiger partial charge in [0, 0.05) is 23.5 Å². The molecular formula is C15H21N3. The first kappa shape index (κ1) is 12.7. The van der Waals surface area contributed by atoms with Gasteiger partial charge in [-0.3, -0.25) is 4.68 Å². The predicted molar refractivity (Wildman–Crippen MR) is 76.6 cm³/mol. The van der Waals surface area contributed by atoms with Crippen molar-refractivity contribution in [2.45, 2.75) is 40.7 Å². The number of nitrogens with zero attached hydrogens (tertiary/aromatic N) is 2. The van der Waals surface area contributed by atoms with Gasteiger partial charge >= 0.3 is 0 Å². The van der Waals surface area contributed by atoms with Crippen molar-refractivity contribution in [1.82, 2.24) is 9.78 Å². The molecule has 0 radical (unpaired) electrons. The Bertz CT molecular complexity index is 567. The summed E-state index contributed by atoms with van der Waals surface area (Å²) < 4.78 is 2.10. The molecule has 0 saturated heterocycles. The predicted octanol–water partition coefficient (Wildman–Crippen LogP) is 3.47. The summed E-state index contributed by atoms with van der Waals surface area (Å²) in [6, 6.07) is 6.07. The van der Waals surface area contributed by atoms with E-state index in [-0.39, 0.29) is 0 Å². The number of hydrogen-bond acceptors (Lipinski definition) is 2. The minimum absolute atomic E-state index is 0.813. The Hall–Kier alpha value is -1.77. The molecule has 0 unspecified atom stereocenters. The molecule has 2 rings (SSSR count). The molecule has 3 nitrogen and oxygen atoms in total. The van der Waals surface area contributed by atoms with Crippen molar-refractivity contribution in [3.05, 3.63) is 35.2 Å². The molecule has 0 amide bonds. The molecule has 18 heavy (non-hydrogen) atoms. The van der Waals surface area contributed by atoms with E-state index in [2.05, 4.69) is 43.5 Å². The molecule has 1 heterocycles. The summed E-state index contributed by atoms with van der Waals surface area (Å²) in [7, 11) is 0. The molecule has 2 aromatic rings. The van der Waals surface area contributed by atoms with Gasteiger partial charge in [0.05, 0.1) is 5.69 Å². The maximum atomic E-state index is 5.81. The van der Waals surface area contributed by atoms with Crippen LogP contribution in [0.15, 0.2) is 18.2 Å². The van der Waals surface area contributed by atoms with Gasteiger partial charge in [-0.1, -0.05) is 13.0 Å². The SMILES string of the molecule is CCCn1nc(C)c(-c2ccc(N)cc2C)c1C. The molecule has 0 aliphatic rings. The fourth-order valence-electron chi connectivity index (χ4n) is 2.48. The van der Waals surface area contributed by atoms with Crippen LogP contribution in [-0.2, 0) is 6.54 Å². The summed E-state index contributed by atoms with van der Waals surface area (Å²) in [5.41, 5.74) is 12.7. The Labute approximate surface area is 109 Å². The molecular weight excluding hydrogens is 222 g/mol. The summed E-state index contributed by atoms with van der Waals surface area (Å²) in [4.78, 5) is 0. The quantitative estimate of drug-likeness (QED) is 0.839. The largest absolute Gasteiger partial charge is 0.399 e. The molecule has 0 aliphatic carbocycles. The van der Waals surface area contributed by atoms with E-state index in [4.69, 9.17) is 5.73 Å². The van der Waals surface area contributed by atoms with Gasteiger partial charge < -0.3 is 5.73 Å². The van der Waals surface area contributed by atoms with Crippen molar-refractivity contribution in [3.8, 4) is 11.1 Å². The van der Waals surface area contributed by atoms with Crippen molar-refractivity contribution in [2.24, 2.45) is 0 Å². The number of nitrogens with two attached hydrogens (primary N) is 1. The van der Waals surface area contributed by atoms with Crippen LogP contribution in [0.25, 0.3) is 11.1 Å². The van der Waals surface area contributed by atoms with Crippen LogP contribution in [0.1, 0.15) is 30.3 Å². The lowest BCUT2D eigenvalue weighted by Crippen LogP contribution is -2.01. The van der Waals surface area contributed by atoms with Gasteiger partial charge in [-0.05, 0) is 50.5 Å². The number of nitrogen functional groups attached to an aromatic ring is 1. The Morgan fingerprint density at radius 3 is 2.56 bits per heavy atom. The van der Waals surface area contributed by atoms with E-state index < -0.39 is 0 Å². The fraction of sp³-hybridized carbons (Fsp3) is 0.400. The monoisotopic (exact) mass is 243 g/mol. The lowest BCUT2D eigenvalue weighted by molar-refractivity contribution is 0.583. The molecule has 0 saturated carbocycles. The minimum atomic E-state index is 0.813. The molecule has 0 atom stereocenters. The Balaban J connectivity index is 2.56. The number of aromatic nitrogens is 2. The van der Waals surface area contributed by atoms with Crippen LogP contribution in [0.3, 0.4) is 0 Å². The number of benzene rings is 1. The average molecular weight is 243 g/mol.